The van der Waals surface area contributed by atoms with Crippen LogP contribution in [0.3, 0.4) is 0 Å². The van der Waals surface area contributed by atoms with Crippen LogP contribution < -0.4 is 10.1 Å². The Morgan fingerprint density at radius 2 is 2.00 bits per heavy atom. The minimum atomic E-state index is 0.509. The van der Waals surface area contributed by atoms with Gasteiger partial charge in [0.25, 0.3) is 0 Å². The number of benzene rings is 1. The third kappa shape index (κ3) is 4.64. The molecule has 0 amide bonds. The van der Waals surface area contributed by atoms with E-state index in [-0.39, 0.29) is 0 Å². The van der Waals surface area contributed by atoms with Crippen LogP contribution in [0.15, 0.2) is 24.3 Å². The van der Waals surface area contributed by atoms with Crippen LogP contribution in [0.1, 0.15) is 19.4 Å². The topological polar surface area (TPSA) is 30.5 Å². The fourth-order valence-electron chi connectivity index (χ4n) is 1.42. The molecule has 16 heavy (non-hydrogen) atoms. The van der Waals surface area contributed by atoms with Crippen LogP contribution in [0.5, 0.6) is 5.75 Å². The van der Waals surface area contributed by atoms with Crippen molar-refractivity contribution in [3.63, 3.8) is 0 Å². The monoisotopic (exact) mass is 223 g/mol. The highest BCUT2D eigenvalue weighted by Crippen LogP contribution is 2.17. The van der Waals surface area contributed by atoms with E-state index in [4.69, 9.17) is 9.47 Å². The van der Waals surface area contributed by atoms with E-state index < -0.39 is 0 Å². The van der Waals surface area contributed by atoms with Gasteiger partial charge in [0, 0.05) is 18.2 Å². The van der Waals surface area contributed by atoms with Crippen LogP contribution in [0.2, 0.25) is 0 Å². The van der Waals surface area contributed by atoms with Crippen LogP contribution in [0, 0.1) is 0 Å². The van der Waals surface area contributed by atoms with E-state index in [1.807, 2.05) is 24.3 Å². The lowest BCUT2D eigenvalue weighted by Gasteiger charge is -2.10. The Morgan fingerprint density at radius 1 is 1.25 bits per heavy atom. The summed E-state index contributed by atoms with van der Waals surface area (Å²) in [6.07, 6.45) is 0. The molecule has 1 rings (SSSR count). The number of rotatable bonds is 7. The van der Waals surface area contributed by atoms with Crippen molar-refractivity contribution in [3.05, 3.63) is 29.8 Å². The van der Waals surface area contributed by atoms with Crippen molar-refractivity contribution in [2.24, 2.45) is 0 Å². The summed E-state index contributed by atoms with van der Waals surface area (Å²) < 4.78 is 10.8. The van der Waals surface area contributed by atoms with Gasteiger partial charge in [-0.05, 0) is 6.07 Å². The Bertz CT molecular complexity index is 300. The lowest BCUT2D eigenvalue weighted by Crippen LogP contribution is -2.26. The molecule has 1 aromatic carbocycles. The van der Waals surface area contributed by atoms with Crippen LogP contribution >= 0.6 is 0 Å². The Morgan fingerprint density at radius 3 is 2.69 bits per heavy atom. The molecule has 90 valence electrons. The van der Waals surface area contributed by atoms with E-state index >= 15 is 0 Å². The van der Waals surface area contributed by atoms with Crippen molar-refractivity contribution in [2.75, 3.05) is 20.3 Å². The summed E-state index contributed by atoms with van der Waals surface area (Å²) in [6.45, 7) is 6.45. The smallest absolute Gasteiger partial charge is 0.124 e. The largest absolute Gasteiger partial charge is 0.496 e. The summed E-state index contributed by atoms with van der Waals surface area (Å²) in [5.41, 5.74) is 1.09. The molecule has 0 saturated carbocycles. The lowest BCUT2D eigenvalue weighted by molar-refractivity contribution is 0.119. The van der Waals surface area contributed by atoms with Gasteiger partial charge in [-0.3, -0.25) is 0 Å². The summed E-state index contributed by atoms with van der Waals surface area (Å²) in [5, 5.41) is 3.30. The van der Waals surface area contributed by atoms with Crippen molar-refractivity contribution < 1.29 is 9.47 Å². The van der Waals surface area contributed by atoms with Gasteiger partial charge >= 0.3 is 0 Å². The normalized spacial score (nSPS) is 10.8. The summed E-state index contributed by atoms with van der Waals surface area (Å²) in [5.74, 6) is 0.888. The first-order valence-corrected chi connectivity index (χ1v) is 5.67. The zero-order chi connectivity index (χ0) is 11.8. The predicted molar refractivity (Wildman–Crippen MR) is 65.8 cm³/mol. The van der Waals surface area contributed by atoms with Gasteiger partial charge in [0.15, 0.2) is 0 Å². The van der Waals surface area contributed by atoms with Crippen LogP contribution in [0.25, 0.3) is 0 Å². The number of hydrogen-bond donors (Lipinski definition) is 1. The maximum absolute atomic E-state index is 5.57. The zero-order valence-corrected chi connectivity index (χ0v) is 10.3. The van der Waals surface area contributed by atoms with Crippen molar-refractivity contribution in [2.45, 2.75) is 26.5 Å². The zero-order valence-electron chi connectivity index (χ0n) is 10.3. The Labute approximate surface area is 97.8 Å². The minimum Gasteiger partial charge on any atom is -0.496 e. The quantitative estimate of drug-likeness (QED) is 0.719. The predicted octanol–water partition coefficient (Wildman–Crippen LogP) is 2.21. The minimum absolute atomic E-state index is 0.509. The van der Waals surface area contributed by atoms with E-state index in [9.17, 15) is 0 Å². The highest BCUT2D eigenvalue weighted by Gasteiger charge is 2.01. The standard InChI is InChI=1S/C13H21NO2/c1-11(2)14-8-9-16-10-12-6-4-5-7-13(12)15-3/h4-7,11,14H,8-10H2,1-3H3. The summed E-state index contributed by atoms with van der Waals surface area (Å²) >= 11 is 0. The van der Waals surface area contributed by atoms with Crippen molar-refractivity contribution >= 4 is 0 Å². The molecule has 1 aromatic rings. The van der Waals surface area contributed by atoms with E-state index in [1.54, 1.807) is 7.11 Å². The fourth-order valence-corrected chi connectivity index (χ4v) is 1.42. The summed E-state index contributed by atoms with van der Waals surface area (Å²) in [7, 11) is 1.68. The maximum atomic E-state index is 5.57. The van der Waals surface area contributed by atoms with Crippen molar-refractivity contribution in [1.82, 2.24) is 5.32 Å². The second-order valence-electron chi connectivity index (χ2n) is 3.97. The van der Waals surface area contributed by atoms with E-state index in [2.05, 4.69) is 19.2 Å². The molecule has 0 atom stereocenters. The molecule has 0 aliphatic carbocycles. The molecule has 0 radical (unpaired) electrons. The second kappa shape index (κ2) is 7.25. The number of hydrogen-bond acceptors (Lipinski definition) is 3. The Hall–Kier alpha value is -1.06. The highest BCUT2D eigenvalue weighted by molar-refractivity contribution is 5.32. The second-order valence-corrected chi connectivity index (χ2v) is 3.97. The van der Waals surface area contributed by atoms with Crippen molar-refractivity contribution in [1.29, 1.82) is 0 Å². The average molecular weight is 223 g/mol. The number of methoxy groups -OCH3 is 1. The summed E-state index contributed by atoms with van der Waals surface area (Å²) in [4.78, 5) is 0. The first kappa shape index (κ1) is 13.0. The number of nitrogens with one attached hydrogen (secondary N) is 1. The van der Waals surface area contributed by atoms with Crippen LogP contribution in [0.4, 0.5) is 0 Å². The Balaban J connectivity index is 2.26. The van der Waals surface area contributed by atoms with Gasteiger partial charge in [0.1, 0.15) is 5.75 Å². The summed E-state index contributed by atoms with van der Waals surface area (Å²) in [6, 6.07) is 8.44. The van der Waals surface area contributed by atoms with E-state index in [1.165, 1.54) is 0 Å². The maximum Gasteiger partial charge on any atom is 0.124 e. The highest BCUT2D eigenvalue weighted by atomic mass is 16.5. The molecule has 0 aromatic heterocycles. The lowest BCUT2D eigenvalue weighted by atomic mass is 10.2. The van der Waals surface area contributed by atoms with E-state index in [0.717, 1.165) is 24.5 Å². The van der Waals surface area contributed by atoms with Gasteiger partial charge in [-0.15, -0.1) is 0 Å². The fraction of sp³-hybridized carbons (Fsp3) is 0.538. The molecule has 3 nitrogen and oxygen atoms in total. The van der Waals surface area contributed by atoms with Crippen molar-refractivity contribution in [3.8, 4) is 5.75 Å². The molecule has 1 N–H and O–H groups in total. The van der Waals surface area contributed by atoms with Gasteiger partial charge in [-0.25, -0.2) is 0 Å². The molecule has 0 saturated heterocycles. The molecular formula is C13H21NO2. The third-order valence-electron chi connectivity index (χ3n) is 2.25. The molecule has 0 bridgehead atoms. The van der Waals surface area contributed by atoms with Gasteiger partial charge in [-0.1, -0.05) is 32.0 Å². The average Bonchev–Trinajstić information content (AvgIpc) is 2.29. The SMILES string of the molecule is COc1ccccc1COCCNC(C)C. The van der Waals surface area contributed by atoms with Gasteiger partial charge < -0.3 is 14.8 Å². The first-order chi connectivity index (χ1) is 7.74. The number of para-hydroxylation sites is 1. The van der Waals surface area contributed by atoms with Gasteiger partial charge in [0.2, 0.25) is 0 Å². The first-order valence-electron chi connectivity index (χ1n) is 5.67. The number of ether oxygens (including phenoxy) is 2. The van der Waals surface area contributed by atoms with Crippen LogP contribution in [-0.2, 0) is 11.3 Å². The molecule has 0 unspecified atom stereocenters. The van der Waals surface area contributed by atoms with Crippen LogP contribution in [-0.4, -0.2) is 26.3 Å². The molecule has 0 aliphatic rings. The molecule has 3 heteroatoms. The van der Waals surface area contributed by atoms with Gasteiger partial charge in [0.05, 0.1) is 20.3 Å². The van der Waals surface area contributed by atoms with E-state index in [0.29, 0.717) is 12.6 Å². The molecule has 0 fully saturated rings. The van der Waals surface area contributed by atoms with Gasteiger partial charge in [-0.2, -0.15) is 0 Å². The molecule has 0 aliphatic heterocycles. The Kier molecular flexibility index (Phi) is 5.90. The third-order valence-corrected chi connectivity index (χ3v) is 2.25. The molecule has 0 heterocycles. The molecular weight excluding hydrogens is 202 g/mol. The molecule has 0 spiro atoms.